The number of hydrogen-bond acceptors (Lipinski definition) is 3. The monoisotopic (exact) mass is 255 g/mol. The van der Waals surface area contributed by atoms with Crippen LogP contribution in [0.15, 0.2) is 24.3 Å². The standard InChI is InChI=1S/C16H21N3/c1-10-11-8-6-7-9-12(11)13(19-18-10)17-14-15(2,3)16(14,4)5/h6-9,14H,1-5H3,(H,17,19). The van der Waals surface area contributed by atoms with Crippen LogP contribution in [-0.2, 0) is 0 Å². The lowest BCUT2D eigenvalue weighted by atomic mass is 10.0. The molecule has 0 amide bonds. The van der Waals surface area contributed by atoms with Crippen LogP contribution >= 0.6 is 0 Å². The summed E-state index contributed by atoms with van der Waals surface area (Å²) < 4.78 is 0. The quantitative estimate of drug-likeness (QED) is 0.887. The number of anilines is 1. The molecule has 0 atom stereocenters. The van der Waals surface area contributed by atoms with Crippen LogP contribution in [-0.4, -0.2) is 16.2 Å². The lowest BCUT2D eigenvalue weighted by molar-refractivity contribution is 0.457. The third kappa shape index (κ3) is 1.64. The van der Waals surface area contributed by atoms with E-state index < -0.39 is 0 Å². The molecule has 2 aromatic rings. The Morgan fingerprint density at radius 3 is 2.11 bits per heavy atom. The molecule has 0 saturated heterocycles. The van der Waals surface area contributed by atoms with E-state index in [0.29, 0.717) is 16.9 Å². The highest BCUT2D eigenvalue weighted by molar-refractivity contribution is 5.93. The molecule has 3 heteroatoms. The lowest BCUT2D eigenvalue weighted by Gasteiger charge is -2.10. The minimum atomic E-state index is 0.292. The molecule has 1 saturated carbocycles. The molecule has 1 N–H and O–H groups in total. The molecule has 0 spiro atoms. The van der Waals surface area contributed by atoms with Crippen molar-refractivity contribution < 1.29 is 0 Å². The van der Waals surface area contributed by atoms with Crippen LogP contribution in [0.1, 0.15) is 33.4 Å². The zero-order valence-electron chi connectivity index (χ0n) is 12.3. The highest BCUT2D eigenvalue weighted by Crippen LogP contribution is 2.63. The van der Waals surface area contributed by atoms with E-state index in [1.54, 1.807) is 0 Å². The molecule has 1 aliphatic carbocycles. The maximum absolute atomic E-state index is 4.36. The van der Waals surface area contributed by atoms with Crippen molar-refractivity contribution in [2.75, 3.05) is 5.32 Å². The number of nitrogens with one attached hydrogen (secondary N) is 1. The van der Waals surface area contributed by atoms with Gasteiger partial charge in [-0.15, -0.1) is 5.10 Å². The van der Waals surface area contributed by atoms with Gasteiger partial charge in [-0.3, -0.25) is 0 Å². The topological polar surface area (TPSA) is 37.8 Å². The van der Waals surface area contributed by atoms with Crippen molar-refractivity contribution >= 4 is 16.6 Å². The van der Waals surface area contributed by atoms with Gasteiger partial charge in [0.25, 0.3) is 0 Å². The Morgan fingerprint density at radius 1 is 0.947 bits per heavy atom. The number of rotatable bonds is 2. The fraction of sp³-hybridized carbons (Fsp3) is 0.500. The van der Waals surface area contributed by atoms with Crippen LogP contribution < -0.4 is 5.32 Å². The van der Waals surface area contributed by atoms with E-state index in [9.17, 15) is 0 Å². The van der Waals surface area contributed by atoms with Gasteiger partial charge < -0.3 is 5.32 Å². The zero-order chi connectivity index (χ0) is 13.8. The Morgan fingerprint density at radius 2 is 1.53 bits per heavy atom. The zero-order valence-corrected chi connectivity index (χ0v) is 12.3. The molecule has 0 aliphatic heterocycles. The molecule has 1 aromatic carbocycles. The van der Waals surface area contributed by atoms with Gasteiger partial charge in [0.15, 0.2) is 5.82 Å². The minimum Gasteiger partial charge on any atom is -0.364 e. The molecule has 0 unspecified atom stereocenters. The van der Waals surface area contributed by atoms with Crippen molar-refractivity contribution in [3.05, 3.63) is 30.0 Å². The van der Waals surface area contributed by atoms with E-state index >= 15 is 0 Å². The van der Waals surface area contributed by atoms with Crippen molar-refractivity contribution in [2.45, 2.75) is 40.7 Å². The average molecular weight is 255 g/mol. The first-order chi connectivity index (χ1) is 8.85. The third-order valence-electron chi connectivity index (χ3n) is 5.17. The van der Waals surface area contributed by atoms with Crippen molar-refractivity contribution in [2.24, 2.45) is 10.8 Å². The van der Waals surface area contributed by atoms with Gasteiger partial charge in [-0.1, -0.05) is 52.0 Å². The van der Waals surface area contributed by atoms with E-state index in [1.807, 2.05) is 13.0 Å². The number of fused-ring (bicyclic) bond motifs is 1. The van der Waals surface area contributed by atoms with E-state index in [1.165, 1.54) is 5.39 Å². The fourth-order valence-electron chi connectivity index (χ4n) is 3.04. The Labute approximate surface area is 114 Å². The summed E-state index contributed by atoms with van der Waals surface area (Å²) in [6, 6.07) is 8.76. The summed E-state index contributed by atoms with van der Waals surface area (Å²) >= 11 is 0. The Hall–Kier alpha value is -1.64. The molecule has 3 rings (SSSR count). The average Bonchev–Trinajstić information content (AvgIpc) is 2.75. The second-order valence-electron chi connectivity index (χ2n) is 6.70. The molecular formula is C16H21N3. The van der Waals surface area contributed by atoms with Crippen LogP contribution in [0.5, 0.6) is 0 Å². The van der Waals surface area contributed by atoms with Crippen LogP contribution in [0.25, 0.3) is 10.8 Å². The molecule has 0 radical (unpaired) electrons. The second kappa shape index (κ2) is 3.69. The lowest BCUT2D eigenvalue weighted by Crippen LogP contribution is -2.12. The predicted molar refractivity (Wildman–Crippen MR) is 79.2 cm³/mol. The first-order valence-corrected chi connectivity index (χ1v) is 6.84. The van der Waals surface area contributed by atoms with Crippen LogP contribution in [0, 0.1) is 17.8 Å². The van der Waals surface area contributed by atoms with E-state index in [2.05, 4.69) is 61.4 Å². The van der Waals surface area contributed by atoms with Crippen LogP contribution in [0.2, 0.25) is 0 Å². The fourth-order valence-corrected chi connectivity index (χ4v) is 3.04. The molecule has 19 heavy (non-hydrogen) atoms. The Bertz CT molecular complexity index is 629. The first-order valence-electron chi connectivity index (χ1n) is 6.84. The van der Waals surface area contributed by atoms with Gasteiger partial charge in [0.05, 0.1) is 5.69 Å². The molecule has 1 aliphatic rings. The molecule has 0 bridgehead atoms. The minimum absolute atomic E-state index is 0.292. The van der Waals surface area contributed by atoms with Gasteiger partial charge in [0, 0.05) is 16.8 Å². The molecule has 1 heterocycles. The SMILES string of the molecule is Cc1nnc(NC2C(C)(C)C2(C)C)c2ccccc12. The second-order valence-corrected chi connectivity index (χ2v) is 6.70. The van der Waals surface area contributed by atoms with Crippen molar-refractivity contribution in [1.29, 1.82) is 0 Å². The van der Waals surface area contributed by atoms with Crippen LogP contribution in [0.4, 0.5) is 5.82 Å². The van der Waals surface area contributed by atoms with Crippen LogP contribution in [0.3, 0.4) is 0 Å². The number of benzene rings is 1. The van der Waals surface area contributed by atoms with E-state index in [-0.39, 0.29) is 0 Å². The first kappa shape index (κ1) is 12.4. The van der Waals surface area contributed by atoms with Gasteiger partial charge in [0.2, 0.25) is 0 Å². The summed E-state index contributed by atoms with van der Waals surface area (Å²) in [6.07, 6.45) is 0. The Balaban J connectivity index is 2.02. The molecular weight excluding hydrogens is 234 g/mol. The summed E-state index contributed by atoms with van der Waals surface area (Å²) in [5.74, 6) is 0.907. The highest BCUT2D eigenvalue weighted by Gasteiger charge is 2.65. The maximum Gasteiger partial charge on any atom is 0.156 e. The van der Waals surface area contributed by atoms with Crippen molar-refractivity contribution in [3.63, 3.8) is 0 Å². The van der Waals surface area contributed by atoms with Gasteiger partial charge in [0.1, 0.15) is 0 Å². The van der Waals surface area contributed by atoms with E-state index in [0.717, 1.165) is 16.9 Å². The van der Waals surface area contributed by atoms with Gasteiger partial charge >= 0.3 is 0 Å². The smallest absolute Gasteiger partial charge is 0.156 e. The Kier molecular flexibility index (Phi) is 2.40. The van der Waals surface area contributed by atoms with Crippen molar-refractivity contribution in [3.8, 4) is 0 Å². The third-order valence-corrected chi connectivity index (χ3v) is 5.17. The number of aryl methyl sites for hydroxylation is 1. The summed E-state index contributed by atoms with van der Waals surface area (Å²) in [7, 11) is 0. The highest BCUT2D eigenvalue weighted by atomic mass is 15.2. The number of aromatic nitrogens is 2. The maximum atomic E-state index is 4.36. The van der Waals surface area contributed by atoms with Gasteiger partial charge in [-0.05, 0) is 17.8 Å². The number of hydrogen-bond donors (Lipinski definition) is 1. The molecule has 3 nitrogen and oxygen atoms in total. The van der Waals surface area contributed by atoms with Gasteiger partial charge in [-0.25, -0.2) is 0 Å². The normalized spacial score (nSPS) is 20.5. The molecule has 100 valence electrons. The van der Waals surface area contributed by atoms with E-state index in [4.69, 9.17) is 0 Å². The summed E-state index contributed by atoms with van der Waals surface area (Å²) in [4.78, 5) is 0. The molecule has 1 aromatic heterocycles. The predicted octanol–water partition coefficient (Wildman–Crippen LogP) is 3.78. The van der Waals surface area contributed by atoms with Crippen molar-refractivity contribution in [1.82, 2.24) is 10.2 Å². The summed E-state index contributed by atoms with van der Waals surface area (Å²) in [5, 5.41) is 14.6. The number of nitrogens with zero attached hydrogens (tertiary/aromatic N) is 2. The summed E-state index contributed by atoms with van der Waals surface area (Å²) in [6.45, 7) is 11.2. The van der Waals surface area contributed by atoms with Gasteiger partial charge in [-0.2, -0.15) is 5.10 Å². The summed E-state index contributed by atoms with van der Waals surface area (Å²) in [5.41, 5.74) is 1.57. The largest absolute Gasteiger partial charge is 0.364 e. The molecule has 1 fully saturated rings.